The first-order chi connectivity index (χ1) is 10.1. The van der Waals surface area contributed by atoms with E-state index in [9.17, 15) is 14.0 Å². The van der Waals surface area contributed by atoms with E-state index in [1.807, 2.05) is 0 Å². The first-order valence-corrected chi connectivity index (χ1v) is 7.10. The normalized spacial score (nSPS) is 15.7. The van der Waals surface area contributed by atoms with Crippen LogP contribution in [0.3, 0.4) is 0 Å². The lowest BCUT2D eigenvalue weighted by Crippen LogP contribution is -2.28. The molecule has 0 radical (unpaired) electrons. The summed E-state index contributed by atoms with van der Waals surface area (Å²) in [7, 11) is 0. The van der Waals surface area contributed by atoms with Crippen molar-refractivity contribution in [3.05, 3.63) is 29.6 Å². The van der Waals surface area contributed by atoms with Crippen molar-refractivity contribution in [2.45, 2.75) is 25.7 Å². The van der Waals surface area contributed by atoms with Gasteiger partial charge in [0.2, 0.25) is 5.91 Å². The zero-order valence-corrected chi connectivity index (χ0v) is 11.7. The number of carboxylic acid groups (broad SMARTS) is 1. The number of piperidine rings is 1. The molecule has 1 aromatic rings. The Morgan fingerprint density at radius 1 is 1.33 bits per heavy atom. The van der Waals surface area contributed by atoms with E-state index in [4.69, 9.17) is 5.11 Å². The second-order valence-electron chi connectivity index (χ2n) is 5.25. The Kier molecular flexibility index (Phi) is 5.27. The monoisotopic (exact) mass is 294 g/mol. The van der Waals surface area contributed by atoms with Gasteiger partial charge in [0.25, 0.3) is 0 Å². The van der Waals surface area contributed by atoms with Gasteiger partial charge in [-0.15, -0.1) is 0 Å². The van der Waals surface area contributed by atoms with Crippen molar-refractivity contribution < 1.29 is 19.1 Å². The third-order valence-corrected chi connectivity index (χ3v) is 3.74. The van der Waals surface area contributed by atoms with Crippen LogP contribution in [0, 0.1) is 11.7 Å². The highest BCUT2D eigenvalue weighted by atomic mass is 19.1. The second kappa shape index (κ2) is 7.17. The van der Waals surface area contributed by atoms with Crippen molar-refractivity contribution >= 4 is 17.6 Å². The van der Waals surface area contributed by atoms with E-state index >= 15 is 0 Å². The summed E-state index contributed by atoms with van der Waals surface area (Å²) in [6.07, 6.45) is 3.19. The fourth-order valence-electron chi connectivity index (χ4n) is 2.56. The minimum Gasteiger partial charge on any atom is -0.478 e. The number of amides is 1. The second-order valence-corrected chi connectivity index (χ2v) is 5.25. The van der Waals surface area contributed by atoms with Gasteiger partial charge in [-0.1, -0.05) is 6.07 Å². The van der Waals surface area contributed by atoms with Gasteiger partial charge in [0.05, 0.1) is 5.69 Å². The van der Waals surface area contributed by atoms with Gasteiger partial charge in [-0.25, -0.2) is 9.18 Å². The van der Waals surface area contributed by atoms with Crippen molar-refractivity contribution in [2.75, 3.05) is 18.4 Å². The van der Waals surface area contributed by atoms with Crippen LogP contribution in [-0.2, 0) is 4.79 Å². The lowest BCUT2D eigenvalue weighted by Gasteiger charge is -2.22. The molecule has 0 aliphatic carbocycles. The van der Waals surface area contributed by atoms with Gasteiger partial charge in [0.15, 0.2) is 0 Å². The van der Waals surface area contributed by atoms with Crippen LogP contribution in [0.4, 0.5) is 10.1 Å². The zero-order valence-electron chi connectivity index (χ0n) is 11.7. The zero-order chi connectivity index (χ0) is 15.2. The smallest absolute Gasteiger partial charge is 0.340 e. The van der Waals surface area contributed by atoms with Crippen LogP contribution in [0.15, 0.2) is 18.2 Å². The summed E-state index contributed by atoms with van der Waals surface area (Å²) in [4.78, 5) is 22.9. The highest BCUT2D eigenvalue weighted by Gasteiger charge is 2.18. The molecule has 0 atom stereocenters. The molecule has 1 fully saturated rings. The van der Waals surface area contributed by atoms with Crippen molar-refractivity contribution in [1.29, 1.82) is 0 Å². The number of hydrogen-bond donors (Lipinski definition) is 3. The summed E-state index contributed by atoms with van der Waals surface area (Å²) >= 11 is 0. The van der Waals surface area contributed by atoms with Crippen LogP contribution >= 0.6 is 0 Å². The molecular weight excluding hydrogens is 275 g/mol. The van der Waals surface area contributed by atoms with Gasteiger partial charge < -0.3 is 15.7 Å². The number of carbonyl (C=O) groups is 2. The Morgan fingerprint density at radius 3 is 2.71 bits per heavy atom. The molecule has 1 saturated heterocycles. The molecule has 1 aliphatic heterocycles. The summed E-state index contributed by atoms with van der Waals surface area (Å²) in [5, 5.41) is 14.8. The summed E-state index contributed by atoms with van der Waals surface area (Å²) in [6, 6.07) is 3.84. The molecule has 5 nitrogen and oxygen atoms in total. The van der Waals surface area contributed by atoms with Crippen molar-refractivity contribution in [1.82, 2.24) is 5.32 Å². The molecule has 1 aliphatic rings. The molecule has 0 unspecified atom stereocenters. The average Bonchev–Trinajstić information content (AvgIpc) is 2.46. The summed E-state index contributed by atoms with van der Waals surface area (Å²) < 4.78 is 13.5. The molecule has 0 spiro atoms. The van der Waals surface area contributed by atoms with Crippen molar-refractivity contribution in [2.24, 2.45) is 5.92 Å². The van der Waals surface area contributed by atoms with E-state index in [-0.39, 0.29) is 11.6 Å². The Labute approximate surface area is 122 Å². The molecule has 2 rings (SSSR count). The number of rotatable bonds is 5. The predicted molar refractivity (Wildman–Crippen MR) is 76.8 cm³/mol. The van der Waals surface area contributed by atoms with Crippen LogP contribution in [0.2, 0.25) is 0 Å². The molecule has 0 saturated carbocycles. The largest absolute Gasteiger partial charge is 0.478 e. The lowest BCUT2D eigenvalue weighted by molar-refractivity contribution is -0.116. The number of halogens is 1. The number of carboxylic acids is 1. The van der Waals surface area contributed by atoms with Gasteiger partial charge in [-0.3, -0.25) is 4.79 Å². The number of hydrogen-bond acceptors (Lipinski definition) is 3. The maximum Gasteiger partial charge on any atom is 0.340 e. The van der Waals surface area contributed by atoms with Crippen molar-refractivity contribution in [3.63, 3.8) is 0 Å². The van der Waals surface area contributed by atoms with Gasteiger partial charge >= 0.3 is 5.97 Å². The minimum atomic E-state index is -1.39. The Morgan fingerprint density at radius 2 is 2.05 bits per heavy atom. The molecule has 1 heterocycles. The first-order valence-electron chi connectivity index (χ1n) is 7.10. The highest BCUT2D eigenvalue weighted by molar-refractivity contribution is 6.00. The number of aromatic carboxylic acids is 1. The predicted octanol–water partition coefficient (Wildman–Crippen LogP) is 2.24. The molecular formula is C15H19FN2O3. The van der Waals surface area contributed by atoms with Gasteiger partial charge in [0.1, 0.15) is 11.4 Å². The summed E-state index contributed by atoms with van der Waals surface area (Å²) in [5.74, 6) is -1.99. The Balaban J connectivity index is 1.93. The molecule has 1 aromatic carbocycles. The topological polar surface area (TPSA) is 78.4 Å². The standard InChI is InChI=1S/C15H19FN2O3/c16-11-2-1-3-12(14(11)15(20)21)18-13(19)5-4-10-6-8-17-9-7-10/h1-3,10,17H,4-9H2,(H,18,19)(H,20,21). The van der Waals surface area contributed by atoms with Crippen LogP contribution in [-0.4, -0.2) is 30.1 Å². The van der Waals surface area contributed by atoms with Gasteiger partial charge in [-0.05, 0) is 50.4 Å². The number of benzene rings is 1. The van der Waals surface area contributed by atoms with Crippen LogP contribution in [0.25, 0.3) is 0 Å². The SMILES string of the molecule is O=C(CCC1CCNCC1)Nc1cccc(F)c1C(=O)O. The molecule has 1 amide bonds. The molecule has 3 N–H and O–H groups in total. The van der Waals surface area contributed by atoms with E-state index in [0.29, 0.717) is 12.3 Å². The molecule has 114 valence electrons. The molecule has 6 heteroatoms. The average molecular weight is 294 g/mol. The van der Waals surface area contributed by atoms with Crippen molar-refractivity contribution in [3.8, 4) is 0 Å². The molecule has 21 heavy (non-hydrogen) atoms. The fourth-order valence-corrected chi connectivity index (χ4v) is 2.56. The third-order valence-electron chi connectivity index (χ3n) is 3.74. The number of carbonyl (C=O) groups excluding carboxylic acids is 1. The maximum atomic E-state index is 13.5. The van der Waals surface area contributed by atoms with E-state index in [0.717, 1.165) is 38.4 Å². The third kappa shape index (κ3) is 4.26. The number of anilines is 1. The minimum absolute atomic E-state index is 0.0119. The van der Waals surface area contributed by atoms with Crippen LogP contribution in [0.1, 0.15) is 36.0 Å². The quantitative estimate of drug-likeness (QED) is 0.778. The van der Waals surface area contributed by atoms with Gasteiger partial charge in [0, 0.05) is 6.42 Å². The highest BCUT2D eigenvalue weighted by Crippen LogP contribution is 2.21. The Hall–Kier alpha value is -1.95. The van der Waals surface area contributed by atoms with Gasteiger partial charge in [-0.2, -0.15) is 0 Å². The van der Waals surface area contributed by atoms with Crippen LogP contribution < -0.4 is 10.6 Å². The Bertz CT molecular complexity index is 528. The number of nitrogens with one attached hydrogen (secondary N) is 2. The lowest BCUT2D eigenvalue weighted by atomic mass is 9.93. The van der Waals surface area contributed by atoms with E-state index in [1.54, 1.807) is 0 Å². The molecule has 0 bridgehead atoms. The first kappa shape index (κ1) is 15.4. The van der Waals surface area contributed by atoms with E-state index < -0.39 is 17.3 Å². The van der Waals surface area contributed by atoms with E-state index in [1.165, 1.54) is 12.1 Å². The maximum absolute atomic E-state index is 13.5. The summed E-state index contributed by atoms with van der Waals surface area (Å²) in [6.45, 7) is 1.94. The summed E-state index contributed by atoms with van der Waals surface area (Å²) in [5.41, 5.74) is -0.481. The molecule has 0 aromatic heterocycles. The fraction of sp³-hybridized carbons (Fsp3) is 0.467. The van der Waals surface area contributed by atoms with E-state index in [2.05, 4.69) is 10.6 Å². The van der Waals surface area contributed by atoms with Crippen LogP contribution in [0.5, 0.6) is 0 Å².